The second-order valence-electron chi connectivity index (χ2n) is 10.6. The first kappa shape index (κ1) is 23.1. The fraction of sp³-hybridized carbons (Fsp3) is 0.909. The Kier molecular flexibility index (Phi) is 6.28. The summed E-state index contributed by atoms with van der Waals surface area (Å²) in [5.74, 6) is 0.391. The predicted molar refractivity (Wildman–Crippen MR) is 118 cm³/mol. The Morgan fingerprint density at radius 3 is 2.38 bits per heavy atom. The number of hydrogen-bond acceptors (Lipinski definition) is 5. The van der Waals surface area contributed by atoms with Crippen molar-refractivity contribution in [1.82, 2.24) is 5.32 Å². The van der Waals surface area contributed by atoms with Crippen LogP contribution in [0, 0.1) is 17.8 Å². The van der Waals surface area contributed by atoms with Crippen LogP contribution in [-0.2, 0) is 9.53 Å². The number of fused-ring (bicyclic) bond motifs is 1. The van der Waals surface area contributed by atoms with Crippen LogP contribution in [-0.4, -0.2) is 50.4 Å². The summed E-state index contributed by atoms with van der Waals surface area (Å²) in [4.78, 5) is 16.1. The number of nitrogens with zero attached hydrogens (tertiary/aromatic N) is 1. The van der Waals surface area contributed by atoms with Gasteiger partial charge in [-0.15, -0.1) is 11.6 Å². The number of isothiocyanates is 1. The van der Waals surface area contributed by atoms with E-state index < -0.39 is 11.2 Å². The van der Waals surface area contributed by atoms with E-state index in [1.807, 2.05) is 6.92 Å². The number of alkyl halides is 1. The van der Waals surface area contributed by atoms with Crippen LogP contribution in [0.25, 0.3) is 0 Å². The van der Waals surface area contributed by atoms with Gasteiger partial charge in [-0.2, -0.15) is 0 Å². The highest BCUT2D eigenvalue weighted by atomic mass is 35.5. The summed E-state index contributed by atoms with van der Waals surface area (Å²) in [7, 11) is 0. The molecule has 1 amide bonds. The van der Waals surface area contributed by atoms with Gasteiger partial charge in [-0.3, -0.25) is 4.79 Å². The molecular weight excluding hydrogens is 408 g/mol. The van der Waals surface area contributed by atoms with E-state index in [9.17, 15) is 9.90 Å². The van der Waals surface area contributed by atoms with Gasteiger partial charge in [0.25, 0.3) is 0 Å². The number of ether oxygens (including phenoxy) is 1. The molecule has 1 heterocycles. The molecule has 2 N–H and O–H groups in total. The molecule has 0 spiro atoms. The Bertz CT molecular complexity index is 696. The van der Waals surface area contributed by atoms with Gasteiger partial charge in [0.1, 0.15) is 0 Å². The lowest BCUT2D eigenvalue weighted by molar-refractivity contribution is -0.222. The maximum atomic E-state index is 11.5. The van der Waals surface area contributed by atoms with Crippen LogP contribution in [0.4, 0.5) is 0 Å². The minimum absolute atomic E-state index is 0.0296. The SMILES string of the molecule is CC1(C)O[C@@](C)([C@H]2CC[C@@](C)(N=C=S)[C@H]3CC[C@@](C)(O)[C@H](NC=O)[C@@H]32)CC[C@@H]1Cl. The van der Waals surface area contributed by atoms with E-state index in [2.05, 4.69) is 43.2 Å². The topological polar surface area (TPSA) is 70.9 Å². The molecule has 2 aliphatic carbocycles. The van der Waals surface area contributed by atoms with Crippen molar-refractivity contribution in [2.24, 2.45) is 22.7 Å². The Balaban J connectivity index is 2.05. The molecule has 0 unspecified atom stereocenters. The van der Waals surface area contributed by atoms with Crippen molar-refractivity contribution in [3.05, 3.63) is 0 Å². The molecule has 0 aromatic heterocycles. The molecule has 5 nitrogen and oxygen atoms in total. The highest BCUT2D eigenvalue weighted by Crippen LogP contribution is 2.57. The molecule has 0 aromatic carbocycles. The lowest BCUT2D eigenvalue weighted by Gasteiger charge is -2.61. The van der Waals surface area contributed by atoms with Gasteiger partial charge in [0.05, 0.1) is 38.9 Å². The van der Waals surface area contributed by atoms with Gasteiger partial charge in [0, 0.05) is 0 Å². The largest absolute Gasteiger partial charge is 0.388 e. The Labute approximate surface area is 185 Å². The summed E-state index contributed by atoms with van der Waals surface area (Å²) in [5.41, 5.74) is -2.12. The summed E-state index contributed by atoms with van der Waals surface area (Å²) in [6.45, 7) is 10.3. The Hall–Kier alpha value is -0.520. The van der Waals surface area contributed by atoms with Crippen molar-refractivity contribution in [3.63, 3.8) is 0 Å². The van der Waals surface area contributed by atoms with Gasteiger partial charge in [-0.1, -0.05) is 0 Å². The first-order valence-electron chi connectivity index (χ1n) is 10.8. The van der Waals surface area contributed by atoms with Crippen LogP contribution in [0.5, 0.6) is 0 Å². The number of amides is 1. The van der Waals surface area contributed by atoms with E-state index in [-0.39, 0.29) is 40.3 Å². The van der Waals surface area contributed by atoms with Crippen molar-refractivity contribution < 1.29 is 14.6 Å². The summed E-state index contributed by atoms with van der Waals surface area (Å²) < 4.78 is 6.69. The normalized spacial score (nSPS) is 49.4. The molecule has 2 saturated carbocycles. The average molecular weight is 443 g/mol. The third-order valence-electron chi connectivity index (χ3n) is 8.18. The summed E-state index contributed by atoms with van der Waals surface area (Å²) in [6.07, 6.45) is 5.70. The van der Waals surface area contributed by atoms with Gasteiger partial charge in [-0.05, 0) is 103 Å². The van der Waals surface area contributed by atoms with Gasteiger partial charge in [-0.25, -0.2) is 4.99 Å². The Morgan fingerprint density at radius 2 is 1.79 bits per heavy atom. The minimum atomic E-state index is -0.977. The van der Waals surface area contributed by atoms with Crippen LogP contribution in [0.1, 0.15) is 73.1 Å². The van der Waals surface area contributed by atoms with Crippen LogP contribution in [0.15, 0.2) is 4.99 Å². The third-order valence-corrected chi connectivity index (χ3v) is 9.02. The van der Waals surface area contributed by atoms with Crippen molar-refractivity contribution in [2.75, 3.05) is 0 Å². The van der Waals surface area contributed by atoms with E-state index in [1.54, 1.807) is 0 Å². The van der Waals surface area contributed by atoms with Gasteiger partial charge < -0.3 is 15.2 Å². The summed E-state index contributed by atoms with van der Waals surface area (Å²) >= 11 is 11.5. The molecule has 8 atom stereocenters. The predicted octanol–water partition coefficient (Wildman–Crippen LogP) is 4.10. The number of aliphatic imine (C=N–C) groups is 1. The van der Waals surface area contributed by atoms with E-state index >= 15 is 0 Å². The number of rotatable bonds is 4. The summed E-state index contributed by atoms with van der Waals surface area (Å²) in [5, 5.41) is 16.7. The van der Waals surface area contributed by atoms with Crippen molar-refractivity contribution in [2.45, 2.75) is 107 Å². The zero-order valence-corrected chi connectivity index (χ0v) is 19.8. The lowest BCUT2D eigenvalue weighted by Crippen LogP contribution is -2.68. The van der Waals surface area contributed by atoms with Gasteiger partial charge in [0.2, 0.25) is 6.41 Å². The maximum Gasteiger partial charge on any atom is 0.207 e. The number of hydrogen-bond donors (Lipinski definition) is 2. The number of thiocarbonyl (C=S) groups is 1. The molecule has 3 aliphatic rings. The van der Waals surface area contributed by atoms with Crippen LogP contribution in [0.2, 0.25) is 0 Å². The molecule has 164 valence electrons. The van der Waals surface area contributed by atoms with E-state index in [0.717, 1.165) is 38.5 Å². The second kappa shape index (κ2) is 7.87. The minimum Gasteiger partial charge on any atom is -0.388 e. The van der Waals surface area contributed by atoms with Gasteiger partial charge in [0.15, 0.2) is 0 Å². The number of carbonyl (C=O) groups is 1. The quantitative estimate of drug-likeness (QED) is 0.297. The molecular formula is C22H35ClN2O3S. The molecule has 7 heteroatoms. The zero-order valence-electron chi connectivity index (χ0n) is 18.2. The second-order valence-corrected chi connectivity index (χ2v) is 11.3. The average Bonchev–Trinajstić information content (AvgIpc) is 2.61. The highest BCUT2D eigenvalue weighted by Gasteiger charge is 2.61. The molecule has 1 saturated heterocycles. The lowest BCUT2D eigenvalue weighted by atomic mass is 9.51. The molecule has 0 radical (unpaired) electrons. The molecule has 29 heavy (non-hydrogen) atoms. The summed E-state index contributed by atoms with van der Waals surface area (Å²) in [6, 6.07) is -0.360. The van der Waals surface area contributed by atoms with Crippen molar-refractivity contribution in [1.29, 1.82) is 0 Å². The van der Waals surface area contributed by atoms with Crippen LogP contribution in [0.3, 0.4) is 0 Å². The number of nitrogens with one attached hydrogen (secondary N) is 1. The van der Waals surface area contributed by atoms with E-state index in [0.29, 0.717) is 6.42 Å². The van der Waals surface area contributed by atoms with Crippen LogP contribution < -0.4 is 5.32 Å². The standard InChI is InChI=1S/C22H35ClN2O3S/c1-19(2)16(23)8-11-22(5,28-19)15-6-9-20(3,25-13-29)14-7-10-21(4,27)18(17(14)15)24-12-26/h12,14-18,27H,6-11H2,1-5H3,(H,24,26)/t14-,15-,16-,17-,18+,20+,21+,22+/m0/s1. The first-order chi connectivity index (χ1) is 13.4. The smallest absolute Gasteiger partial charge is 0.207 e. The van der Waals surface area contributed by atoms with E-state index in [4.69, 9.17) is 28.6 Å². The van der Waals surface area contributed by atoms with Crippen molar-refractivity contribution in [3.8, 4) is 0 Å². The van der Waals surface area contributed by atoms with Crippen molar-refractivity contribution >= 4 is 35.4 Å². The number of halogens is 1. The van der Waals surface area contributed by atoms with Gasteiger partial charge >= 0.3 is 0 Å². The van der Waals surface area contributed by atoms with Crippen LogP contribution >= 0.6 is 23.8 Å². The monoisotopic (exact) mass is 442 g/mol. The molecule has 0 bridgehead atoms. The molecule has 1 aliphatic heterocycles. The first-order valence-corrected chi connectivity index (χ1v) is 11.6. The Morgan fingerprint density at radius 1 is 1.14 bits per heavy atom. The fourth-order valence-corrected chi connectivity index (χ4v) is 6.93. The third kappa shape index (κ3) is 4.04. The van der Waals surface area contributed by atoms with E-state index in [1.165, 1.54) is 0 Å². The number of carbonyl (C=O) groups excluding carboxylic acids is 1. The fourth-order valence-electron chi connectivity index (χ4n) is 6.56. The maximum absolute atomic E-state index is 11.5. The number of aliphatic hydroxyl groups is 1. The molecule has 3 rings (SSSR count). The highest BCUT2D eigenvalue weighted by molar-refractivity contribution is 7.78. The molecule has 0 aromatic rings. The molecule has 3 fully saturated rings. The zero-order chi connectivity index (χ0) is 21.7.